The lowest BCUT2D eigenvalue weighted by atomic mass is 9.88. The smallest absolute Gasteiger partial charge is 0.135 e. The Morgan fingerprint density at radius 3 is 1.80 bits per heavy atom. The van der Waals surface area contributed by atoms with Crippen molar-refractivity contribution in [2.24, 2.45) is 10.7 Å². The van der Waals surface area contributed by atoms with Gasteiger partial charge in [0, 0.05) is 16.3 Å². The summed E-state index contributed by atoms with van der Waals surface area (Å²) < 4.78 is 6.21. The summed E-state index contributed by atoms with van der Waals surface area (Å²) in [6, 6.07) is 75.2. The average Bonchev–Trinajstić information content (AvgIpc) is 3.71. The summed E-state index contributed by atoms with van der Waals surface area (Å²) in [7, 11) is 0. The van der Waals surface area contributed by atoms with Gasteiger partial charge in [-0.1, -0.05) is 194 Å². The summed E-state index contributed by atoms with van der Waals surface area (Å²) in [5, 5.41) is 9.74. The second-order valence-corrected chi connectivity index (χ2v) is 15.6. The van der Waals surface area contributed by atoms with Gasteiger partial charge in [-0.05, 0) is 108 Å². The predicted octanol–water partition coefficient (Wildman–Crippen LogP) is 15.0. The number of nitrogens with zero attached hydrogens (tertiary/aromatic N) is 1. The summed E-state index contributed by atoms with van der Waals surface area (Å²) in [5.41, 5.74) is 19.5. The Morgan fingerprint density at radius 1 is 0.410 bits per heavy atom. The zero-order valence-corrected chi connectivity index (χ0v) is 33.4. The Bertz CT molecular complexity index is 3490. The molecule has 0 bridgehead atoms. The minimum absolute atomic E-state index is 0.488. The lowest BCUT2D eigenvalue weighted by Gasteiger charge is -2.16. The van der Waals surface area contributed by atoms with Gasteiger partial charge in [0.15, 0.2) is 0 Å². The molecule has 11 aromatic rings. The van der Waals surface area contributed by atoms with Crippen molar-refractivity contribution in [1.29, 1.82) is 0 Å². The minimum atomic E-state index is 0.488. The van der Waals surface area contributed by atoms with Crippen molar-refractivity contribution in [2.75, 3.05) is 0 Å². The molecule has 0 saturated heterocycles. The second kappa shape index (κ2) is 15.3. The van der Waals surface area contributed by atoms with Crippen LogP contribution in [0, 0.1) is 0 Å². The van der Waals surface area contributed by atoms with Gasteiger partial charge in [-0.2, -0.15) is 0 Å². The number of aliphatic imine (C=N–C) groups is 1. The molecule has 288 valence electrons. The van der Waals surface area contributed by atoms with Gasteiger partial charge in [-0.3, -0.25) is 0 Å². The standard InChI is InChI=1S/C58H40N2O/c59-58(42-16-5-2-6-17-42)60-54(41-28-26-40(27-29-41)39-14-3-1-4-15-39)33-25-38-13-11-18-43(35-38)44-30-32-51-52(36-44)48-20-8-7-19-47(48)50-23-12-22-46(57(50)51)45-31-34-56-53(37-45)49-21-9-10-24-55(49)61-56/h1-24,26-37H,25H2,(H2,59,60)/b54-33-. The van der Waals surface area contributed by atoms with E-state index in [0.717, 1.165) is 44.3 Å². The molecule has 0 radical (unpaired) electrons. The van der Waals surface area contributed by atoms with Crippen LogP contribution < -0.4 is 5.73 Å². The summed E-state index contributed by atoms with van der Waals surface area (Å²) in [4.78, 5) is 5.01. The molecular weight excluding hydrogens is 741 g/mol. The minimum Gasteiger partial charge on any atom is -0.456 e. The highest BCUT2D eigenvalue weighted by molar-refractivity contribution is 6.29. The molecule has 1 heterocycles. The molecule has 0 atom stereocenters. The third-order valence-corrected chi connectivity index (χ3v) is 11.9. The number of allylic oxidation sites excluding steroid dienone is 1. The van der Waals surface area contributed by atoms with Crippen LogP contribution in [-0.4, -0.2) is 5.84 Å². The molecular formula is C58H40N2O. The molecule has 0 unspecified atom stereocenters. The molecule has 10 aromatic carbocycles. The Balaban J connectivity index is 0.989. The highest BCUT2D eigenvalue weighted by atomic mass is 16.3. The zero-order chi connectivity index (χ0) is 40.7. The first kappa shape index (κ1) is 36.1. The van der Waals surface area contributed by atoms with E-state index in [4.69, 9.17) is 15.1 Å². The molecule has 11 rings (SSSR count). The molecule has 0 saturated carbocycles. The van der Waals surface area contributed by atoms with Crippen molar-refractivity contribution in [3.8, 4) is 33.4 Å². The van der Waals surface area contributed by atoms with E-state index in [1.54, 1.807) is 0 Å². The summed E-state index contributed by atoms with van der Waals surface area (Å²) >= 11 is 0. The normalized spacial score (nSPS) is 12.3. The van der Waals surface area contributed by atoms with Crippen LogP contribution in [0.2, 0.25) is 0 Å². The van der Waals surface area contributed by atoms with Crippen molar-refractivity contribution < 1.29 is 4.42 Å². The number of benzene rings is 10. The number of para-hydroxylation sites is 1. The van der Waals surface area contributed by atoms with E-state index in [0.29, 0.717) is 12.3 Å². The van der Waals surface area contributed by atoms with Crippen molar-refractivity contribution >= 4 is 65.8 Å². The van der Waals surface area contributed by atoms with Gasteiger partial charge in [0.25, 0.3) is 0 Å². The molecule has 3 nitrogen and oxygen atoms in total. The molecule has 3 heteroatoms. The highest BCUT2D eigenvalue weighted by Gasteiger charge is 2.16. The number of rotatable bonds is 8. The van der Waals surface area contributed by atoms with Crippen LogP contribution in [0.25, 0.3) is 93.3 Å². The maximum atomic E-state index is 6.63. The number of nitrogens with two attached hydrogens (primary N) is 1. The van der Waals surface area contributed by atoms with Crippen LogP contribution in [0.15, 0.2) is 228 Å². The number of hydrogen-bond acceptors (Lipinski definition) is 2. The molecule has 0 aliphatic carbocycles. The van der Waals surface area contributed by atoms with Crippen molar-refractivity contribution in [3.05, 3.63) is 235 Å². The molecule has 61 heavy (non-hydrogen) atoms. The van der Waals surface area contributed by atoms with Gasteiger partial charge in [-0.15, -0.1) is 0 Å². The van der Waals surface area contributed by atoms with Gasteiger partial charge >= 0.3 is 0 Å². The first-order chi connectivity index (χ1) is 30.1. The molecule has 0 aliphatic heterocycles. The lowest BCUT2D eigenvalue weighted by molar-refractivity contribution is 0.669. The molecule has 1 aromatic heterocycles. The zero-order valence-electron chi connectivity index (χ0n) is 33.4. The molecule has 0 amide bonds. The lowest BCUT2D eigenvalue weighted by Crippen LogP contribution is -2.13. The van der Waals surface area contributed by atoms with E-state index in [1.807, 2.05) is 48.5 Å². The average molecular weight is 781 g/mol. The summed E-state index contributed by atoms with van der Waals surface area (Å²) in [6.45, 7) is 0. The van der Waals surface area contributed by atoms with E-state index >= 15 is 0 Å². The maximum absolute atomic E-state index is 6.63. The first-order valence-corrected chi connectivity index (χ1v) is 20.8. The van der Waals surface area contributed by atoms with E-state index in [9.17, 15) is 0 Å². The van der Waals surface area contributed by atoms with Gasteiger partial charge in [0.1, 0.15) is 17.0 Å². The maximum Gasteiger partial charge on any atom is 0.135 e. The third kappa shape index (κ3) is 6.73. The fourth-order valence-electron chi connectivity index (χ4n) is 8.91. The fourth-order valence-corrected chi connectivity index (χ4v) is 8.91. The second-order valence-electron chi connectivity index (χ2n) is 15.6. The predicted molar refractivity (Wildman–Crippen MR) is 258 cm³/mol. The Kier molecular flexibility index (Phi) is 9.05. The number of fused-ring (bicyclic) bond motifs is 9. The van der Waals surface area contributed by atoms with E-state index < -0.39 is 0 Å². The highest BCUT2D eigenvalue weighted by Crippen LogP contribution is 2.43. The van der Waals surface area contributed by atoms with Gasteiger partial charge < -0.3 is 10.2 Å². The quantitative estimate of drug-likeness (QED) is 0.0948. The summed E-state index contributed by atoms with van der Waals surface area (Å²) in [6.07, 6.45) is 2.88. The van der Waals surface area contributed by atoms with Crippen molar-refractivity contribution in [2.45, 2.75) is 6.42 Å². The summed E-state index contributed by atoms with van der Waals surface area (Å²) in [5.74, 6) is 0.488. The first-order valence-electron chi connectivity index (χ1n) is 20.8. The van der Waals surface area contributed by atoms with Gasteiger partial charge in [0.2, 0.25) is 0 Å². The Labute approximate surface area is 354 Å². The Hall–Kier alpha value is -8.01. The third-order valence-electron chi connectivity index (χ3n) is 11.9. The van der Waals surface area contributed by atoms with Gasteiger partial charge in [-0.25, -0.2) is 4.99 Å². The number of furan rings is 1. The van der Waals surface area contributed by atoms with Crippen LogP contribution >= 0.6 is 0 Å². The van der Waals surface area contributed by atoms with Crippen LogP contribution in [0.4, 0.5) is 0 Å². The SMILES string of the molecule is NC(=N/C(=C\Cc1cccc(-c2ccc3c(c2)c2ccccc2c2cccc(-c4ccc5oc6ccccc6c5c4)c23)c1)c1ccc(-c2ccccc2)cc1)c1ccccc1. The van der Waals surface area contributed by atoms with Crippen LogP contribution in [-0.2, 0) is 6.42 Å². The van der Waals surface area contributed by atoms with Crippen LogP contribution in [0.3, 0.4) is 0 Å². The number of amidine groups is 1. The van der Waals surface area contributed by atoms with Crippen LogP contribution in [0.5, 0.6) is 0 Å². The molecule has 0 spiro atoms. The van der Waals surface area contributed by atoms with Gasteiger partial charge in [0.05, 0.1) is 5.70 Å². The topological polar surface area (TPSA) is 51.5 Å². The monoisotopic (exact) mass is 780 g/mol. The van der Waals surface area contributed by atoms with Crippen molar-refractivity contribution in [3.63, 3.8) is 0 Å². The molecule has 0 fully saturated rings. The largest absolute Gasteiger partial charge is 0.456 e. The van der Waals surface area contributed by atoms with E-state index in [1.165, 1.54) is 65.7 Å². The van der Waals surface area contributed by atoms with E-state index in [2.05, 4.69) is 170 Å². The number of hydrogen-bond donors (Lipinski definition) is 1. The van der Waals surface area contributed by atoms with E-state index in [-0.39, 0.29) is 0 Å². The molecule has 2 N–H and O–H groups in total. The van der Waals surface area contributed by atoms with Crippen molar-refractivity contribution in [1.82, 2.24) is 0 Å². The Morgan fingerprint density at radius 2 is 0.984 bits per heavy atom. The molecule has 0 aliphatic rings. The fraction of sp³-hybridized carbons (Fsp3) is 0.0172. The van der Waals surface area contributed by atoms with Crippen LogP contribution in [0.1, 0.15) is 16.7 Å².